The molecule has 0 aliphatic rings. The number of aromatic nitrogens is 1. The summed E-state index contributed by atoms with van der Waals surface area (Å²) < 4.78 is 0.829. The van der Waals surface area contributed by atoms with Crippen LogP contribution in [0.25, 0.3) is 0 Å². The Labute approximate surface area is 101 Å². The maximum absolute atomic E-state index is 10.5. The second kappa shape index (κ2) is 5.92. The van der Waals surface area contributed by atoms with Crippen LogP contribution in [0, 0.1) is 0 Å². The molecule has 4 nitrogen and oxygen atoms in total. The fraction of sp³-hybridized carbons (Fsp3) is 0.333. The number of hydrogen-bond acceptors (Lipinski definition) is 3. The molecule has 3 N–H and O–H groups in total. The van der Waals surface area contributed by atoms with E-state index in [1.807, 2.05) is 0 Å². The number of pyridine rings is 1. The van der Waals surface area contributed by atoms with E-state index in [-0.39, 0.29) is 5.91 Å². The lowest BCUT2D eigenvalue weighted by Gasteiger charge is -2.06. The van der Waals surface area contributed by atoms with Gasteiger partial charge in [-0.25, -0.2) is 4.98 Å². The minimum Gasteiger partial charge on any atom is -0.370 e. The highest BCUT2D eigenvalue weighted by Gasteiger charge is 2.01. The van der Waals surface area contributed by atoms with E-state index >= 15 is 0 Å². The van der Waals surface area contributed by atoms with Crippen molar-refractivity contribution in [3.63, 3.8) is 0 Å². The lowest BCUT2D eigenvalue weighted by molar-refractivity contribution is -0.118. The fourth-order valence-corrected chi connectivity index (χ4v) is 1.71. The van der Waals surface area contributed by atoms with Crippen LogP contribution in [0.2, 0.25) is 5.02 Å². The lowest BCUT2D eigenvalue weighted by Crippen LogP contribution is -2.13. The summed E-state index contributed by atoms with van der Waals surface area (Å²) in [4.78, 5) is 14.6. The van der Waals surface area contributed by atoms with Crippen molar-refractivity contribution in [3.05, 3.63) is 21.8 Å². The Morgan fingerprint density at radius 2 is 2.40 bits per heavy atom. The number of nitrogens with zero attached hydrogens (tertiary/aromatic N) is 1. The second-order valence-corrected chi connectivity index (χ2v) is 4.30. The Bertz CT molecular complexity index is 359. The van der Waals surface area contributed by atoms with Crippen LogP contribution in [-0.4, -0.2) is 17.4 Å². The van der Waals surface area contributed by atoms with Gasteiger partial charge in [0.1, 0.15) is 5.82 Å². The van der Waals surface area contributed by atoms with E-state index in [0.717, 1.165) is 4.47 Å². The van der Waals surface area contributed by atoms with E-state index in [4.69, 9.17) is 17.3 Å². The van der Waals surface area contributed by atoms with Crippen molar-refractivity contribution in [1.82, 2.24) is 4.98 Å². The third-order valence-corrected chi connectivity index (χ3v) is 2.42. The van der Waals surface area contributed by atoms with Crippen LogP contribution < -0.4 is 11.1 Å². The number of anilines is 1. The summed E-state index contributed by atoms with van der Waals surface area (Å²) in [6.07, 6.45) is 2.69. The molecule has 0 aliphatic heterocycles. The highest BCUT2D eigenvalue weighted by molar-refractivity contribution is 9.10. The molecule has 1 aromatic rings. The van der Waals surface area contributed by atoms with Crippen molar-refractivity contribution in [3.8, 4) is 0 Å². The molecule has 1 aromatic heterocycles. The van der Waals surface area contributed by atoms with Gasteiger partial charge in [-0.1, -0.05) is 11.6 Å². The van der Waals surface area contributed by atoms with E-state index in [2.05, 4.69) is 26.2 Å². The van der Waals surface area contributed by atoms with Gasteiger partial charge in [0.15, 0.2) is 0 Å². The number of carbonyl (C=O) groups is 1. The zero-order valence-corrected chi connectivity index (χ0v) is 10.3. The molecule has 0 fully saturated rings. The molecule has 0 spiro atoms. The average Bonchev–Trinajstić information content (AvgIpc) is 2.14. The Hall–Kier alpha value is -0.810. The van der Waals surface area contributed by atoms with Crippen molar-refractivity contribution >= 4 is 39.3 Å². The number of rotatable bonds is 5. The molecule has 0 aromatic carbocycles. The van der Waals surface area contributed by atoms with Crippen LogP contribution in [0.15, 0.2) is 16.7 Å². The van der Waals surface area contributed by atoms with Gasteiger partial charge in [0.05, 0.1) is 5.02 Å². The molecule has 1 amide bonds. The number of hydrogen-bond donors (Lipinski definition) is 2. The molecule has 0 saturated heterocycles. The zero-order chi connectivity index (χ0) is 11.3. The Morgan fingerprint density at radius 3 is 3.00 bits per heavy atom. The largest absolute Gasteiger partial charge is 0.370 e. The SMILES string of the molecule is NC(=O)CCCNc1ncc(Br)cc1Cl. The summed E-state index contributed by atoms with van der Waals surface area (Å²) in [5.41, 5.74) is 5.01. The van der Waals surface area contributed by atoms with Crippen LogP contribution in [0.1, 0.15) is 12.8 Å². The number of amides is 1. The predicted molar refractivity (Wildman–Crippen MR) is 63.9 cm³/mol. The summed E-state index contributed by atoms with van der Waals surface area (Å²) in [7, 11) is 0. The molecule has 82 valence electrons. The van der Waals surface area contributed by atoms with Gasteiger partial charge in [-0.2, -0.15) is 0 Å². The zero-order valence-electron chi connectivity index (χ0n) is 7.96. The van der Waals surface area contributed by atoms with Crippen LogP contribution in [-0.2, 0) is 4.79 Å². The van der Waals surface area contributed by atoms with Gasteiger partial charge in [0.2, 0.25) is 5.91 Å². The van der Waals surface area contributed by atoms with E-state index in [9.17, 15) is 4.79 Å². The first-order chi connectivity index (χ1) is 7.09. The number of nitrogens with two attached hydrogens (primary N) is 1. The van der Waals surface area contributed by atoms with Crippen molar-refractivity contribution < 1.29 is 4.79 Å². The Balaban J connectivity index is 2.40. The smallest absolute Gasteiger partial charge is 0.217 e. The second-order valence-electron chi connectivity index (χ2n) is 2.98. The number of nitrogens with one attached hydrogen (secondary N) is 1. The van der Waals surface area contributed by atoms with Gasteiger partial charge in [0.25, 0.3) is 0 Å². The molecular formula is C9H11BrClN3O. The minimum absolute atomic E-state index is 0.299. The van der Waals surface area contributed by atoms with E-state index < -0.39 is 0 Å². The normalized spacial score (nSPS) is 10.0. The first-order valence-corrected chi connectivity index (χ1v) is 5.60. The van der Waals surface area contributed by atoms with Gasteiger partial charge in [0, 0.05) is 23.6 Å². The van der Waals surface area contributed by atoms with Gasteiger partial charge >= 0.3 is 0 Å². The molecule has 6 heteroatoms. The van der Waals surface area contributed by atoms with E-state index in [1.54, 1.807) is 12.3 Å². The topological polar surface area (TPSA) is 68.0 Å². The number of halogens is 2. The molecule has 0 saturated carbocycles. The third kappa shape index (κ3) is 4.48. The van der Waals surface area contributed by atoms with Gasteiger partial charge in [-0.3, -0.25) is 4.79 Å². The standard InChI is InChI=1S/C9H11BrClN3O/c10-6-4-7(11)9(14-5-6)13-3-1-2-8(12)15/h4-5H,1-3H2,(H2,12,15)(H,13,14). The van der Waals surface area contributed by atoms with E-state index in [1.165, 1.54) is 0 Å². The number of carbonyl (C=O) groups excluding carboxylic acids is 1. The van der Waals surface area contributed by atoms with Crippen molar-refractivity contribution in [2.24, 2.45) is 5.73 Å². The fourth-order valence-electron chi connectivity index (χ4n) is 1.01. The summed E-state index contributed by atoms with van der Waals surface area (Å²) in [5, 5.41) is 3.57. The molecule has 0 radical (unpaired) electrons. The van der Waals surface area contributed by atoms with Crippen LogP contribution in [0.4, 0.5) is 5.82 Å². The van der Waals surface area contributed by atoms with Crippen LogP contribution >= 0.6 is 27.5 Å². The quantitative estimate of drug-likeness (QED) is 0.817. The monoisotopic (exact) mass is 291 g/mol. The minimum atomic E-state index is -0.299. The highest BCUT2D eigenvalue weighted by atomic mass is 79.9. The molecule has 0 bridgehead atoms. The Morgan fingerprint density at radius 1 is 1.67 bits per heavy atom. The van der Waals surface area contributed by atoms with Gasteiger partial charge in [-0.15, -0.1) is 0 Å². The van der Waals surface area contributed by atoms with Crippen molar-refractivity contribution in [1.29, 1.82) is 0 Å². The van der Waals surface area contributed by atoms with E-state index in [0.29, 0.717) is 30.2 Å². The molecule has 15 heavy (non-hydrogen) atoms. The first kappa shape index (κ1) is 12.3. The summed E-state index contributed by atoms with van der Waals surface area (Å²) >= 11 is 9.19. The highest BCUT2D eigenvalue weighted by Crippen LogP contribution is 2.22. The maximum atomic E-state index is 10.5. The summed E-state index contributed by atoms with van der Waals surface area (Å²) in [6.45, 7) is 0.622. The van der Waals surface area contributed by atoms with Crippen molar-refractivity contribution in [2.75, 3.05) is 11.9 Å². The molecule has 0 atom stereocenters. The average molecular weight is 293 g/mol. The molecule has 0 aliphatic carbocycles. The third-order valence-electron chi connectivity index (χ3n) is 1.70. The van der Waals surface area contributed by atoms with Gasteiger partial charge in [-0.05, 0) is 28.4 Å². The van der Waals surface area contributed by atoms with Crippen molar-refractivity contribution in [2.45, 2.75) is 12.8 Å². The molecule has 1 rings (SSSR count). The molecule has 1 heterocycles. The first-order valence-electron chi connectivity index (χ1n) is 4.43. The number of primary amides is 1. The lowest BCUT2D eigenvalue weighted by atomic mass is 10.3. The summed E-state index contributed by atoms with van der Waals surface area (Å²) in [6, 6.07) is 1.75. The summed E-state index contributed by atoms with van der Waals surface area (Å²) in [5.74, 6) is 0.316. The molecular weight excluding hydrogens is 281 g/mol. The maximum Gasteiger partial charge on any atom is 0.217 e. The predicted octanol–water partition coefficient (Wildman–Crippen LogP) is 2.17. The van der Waals surface area contributed by atoms with Crippen LogP contribution in [0.5, 0.6) is 0 Å². The van der Waals surface area contributed by atoms with Gasteiger partial charge < -0.3 is 11.1 Å². The Kier molecular flexibility index (Phi) is 4.84. The molecule has 0 unspecified atom stereocenters. The van der Waals surface area contributed by atoms with Crippen LogP contribution in [0.3, 0.4) is 0 Å².